The number of methoxy groups -OCH3 is 1. The normalized spacial score (nSPS) is 32.9. The summed E-state index contributed by atoms with van der Waals surface area (Å²) in [4.78, 5) is 0. The molecule has 2 heteroatoms. The average Bonchev–Trinajstić information content (AvgIpc) is 2.45. The van der Waals surface area contributed by atoms with Gasteiger partial charge in [0.15, 0.2) is 0 Å². The van der Waals surface area contributed by atoms with Gasteiger partial charge in [-0.2, -0.15) is 5.26 Å². The van der Waals surface area contributed by atoms with E-state index in [1.165, 1.54) is 24.0 Å². The molecule has 1 fully saturated rings. The molecule has 0 amide bonds. The summed E-state index contributed by atoms with van der Waals surface area (Å²) in [6.45, 7) is 2.36. The van der Waals surface area contributed by atoms with Crippen LogP contribution in [0.2, 0.25) is 0 Å². The Morgan fingerprint density at radius 2 is 2.21 bits per heavy atom. The highest BCUT2D eigenvalue weighted by atomic mass is 16.5. The molecule has 0 spiro atoms. The average molecular weight is 255 g/mol. The van der Waals surface area contributed by atoms with Gasteiger partial charge in [-0.25, -0.2) is 0 Å². The van der Waals surface area contributed by atoms with Crippen molar-refractivity contribution in [2.24, 2.45) is 11.8 Å². The number of benzene rings is 1. The van der Waals surface area contributed by atoms with Crippen molar-refractivity contribution in [3.63, 3.8) is 0 Å². The van der Waals surface area contributed by atoms with Gasteiger partial charge in [0.25, 0.3) is 0 Å². The Kier molecular flexibility index (Phi) is 3.01. The third kappa shape index (κ3) is 1.84. The third-order valence-corrected chi connectivity index (χ3v) is 5.34. The number of hydrogen-bond donors (Lipinski definition) is 0. The van der Waals surface area contributed by atoms with Crippen molar-refractivity contribution >= 4 is 0 Å². The second kappa shape index (κ2) is 4.56. The number of fused-ring (bicyclic) bond motifs is 3. The van der Waals surface area contributed by atoms with Crippen LogP contribution in [-0.2, 0) is 11.8 Å². The summed E-state index contributed by atoms with van der Waals surface area (Å²) >= 11 is 0. The van der Waals surface area contributed by atoms with E-state index in [1.807, 2.05) is 0 Å². The molecule has 0 aromatic heterocycles. The van der Waals surface area contributed by atoms with Gasteiger partial charge in [-0.05, 0) is 60.3 Å². The summed E-state index contributed by atoms with van der Waals surface area (Å²) in [7, 11) is 1.73. The summed E-state index contributed by atoms with van der Waals surface area (Å²) < 4.78 is 5.39. The zero-order valence-corrected chi connectivity index (χ0v) is 11.8. The molecular weight excluding hydrogens is 234 g/mol. The molecular formula is C17H21NO. The van der Waals surface area contributed by atoms with Crippen molar-refractivity contribution in [1.82, 2.24) is 0 Å². The van der Waals surface area contributed by atoms with E-state index in [4.69, 9.17) is 4.74 Å². The van der Waals surface area contributed by atoms with Crippen molar-refractivity contribution in [3.8, 4) is 11.8 Å². The van der Waals surface area contributed by atoms with Gasteiger partial charge in [-0.15, -0.1) is 0 Å². The maximum absolute atomic E-state index is 9.42. The van der Waals surface area contributed by atoms with Crippen LogP contribution in [0, 0.1) is 23.2 Å². The molecule has 0 aliphatic heterocycles. The molecule has 3 rings (SSSR count). The molecule has 19 heavy (non-hydrogen) atoms. The van der Waals surface area contributed by atoms with Gasteiger partial charge in [0.05, 0.1) is 13.2 Å². The lowest BCUT2D eigenvalue weighted by Gasteiger charge is -2.48. The summed E-state index contributed by atoms with van der Waals surface area (Å²) in [6, 6.07) is 9.04. The molecule has 1 aromatic carbocycles. The fourth-order valence-electron chi connectivity index (χ4n) is 4.27. The van der Waals surface area contributed by atoms with Crippen molar-refractivity contribution < 1.29 is 4.74 Å². The maximum Gasteiger partial charge on any atom is 0.119 e. The van der Waals surface area contributed by atoms with Crippen LogP contribution >= 0.6 is 0 Å². The van der Waals surface area contributed by atoms with Crippen molar-refractivity contribution in [2.45, 2.75) is 44.4 Å². The summed E-state index contributed by atoms with van der Waals surface area (Å²) in [5, 5.41) is 9.42. The first-order chi connectivity index (χ1) is 9.19. The molecule has 0 bridgehead atoms. The van der Waals surface area contributed by atoms with Crippen LogP contribution in [-0.4, -0.2) is 7.11 Å². The molecule has 2 aliphatic carbocycles. The zero-order chi connectivity index (χ0) is 13.5. The molecule has 1 saturated carbocycles. The predicted octanol–water partition coefficient (Wildman–Crippen LogP) is 3.84. The summed E-state index contributed by atoms with van der Waals surface area (Å²) in [6.07, 6.45) is 5.72. The molecule has 0 N–H and O–H groups in total. The number of hydrogen-bond acceptors (Lipinski definition) is 2. The highest BCUT2D eigenvalue weighted by Gasteiger charge is 2.46. The highest BCUT2D eigenvalue weighted by Crippen LogP contribution is 2.52. The van der Waals surface area contributed by atoms with Crippen molar-refractivity contribution in [3.05, 3.63) is 29.3 Å². The first-order valence-corrected chi connectivity index (χ1v) is 7.26. The van der Waals surface area contributed by atoms with Crippen LogP contribution in [0.25, 0.3) is 0 Å². The number of aryl methyl sites for hydroxylation is 1. The summed E-state index contributed by atoms with van der Waals surface area (Å²) in [5.74, 6) is 1.70. The first kappa shape index (κ1) is 12.5. The number of ether oxygens (including phenoxy) is 1. The Morgan fingerprint density at radius 1 is 1.37 bits per heavy atom. The van der Waals surface area contributed by atoms with Gasteiger partial charge in [0.1, 0.15) is 5.75 Å². The van der Waals surface area contributed by atoms with Crippen molar-refractivity contribution in [2.75, 3.05) is 7.11 Å². The molecule has 0 saturated heterocycles. The van der Waals surface area contributed by atoms with Gasteiger partial charge < -0.3 is 4.74 Å². The lowest BCUT2D eigenvalue weighted by molar-refractivity contribution is 0.137. The van der Waals surface area contributed by atoms with E-state index < -0.39 is 0 Å². The summed E-state index contributed by atoms with van der Waals surface area (Å²) in [5.41, 5.74) is 3.06. The van der Waals surface area contributed by atoms with Crippen LogP contribution in [0.1, 0.15) is 43.7 Å². The largest absolute Gasteiger partial charge is 0.497 e. The van der Waals surface area contributed by atoms with Crippen LogP contribution in [0.3, 0.4) is 0 Å². The van der Waals surface area contributed by atoms with Gasteiger partial charge in [-0.3, -0.25) is 0 Å². The third-order valence-electron chi connectivity index (χ3n) is 5.34. The lowest BCUT2D eigenvalue weighted by Crippen LogP contribution is -2.43. The minimum Gasteiger partial charge on any atom is -0.497 e. The lowest BCUT2D eigenvalue weighted by atomic mass is 9.55. The second-order valence-electron chi connectivity index (χ2n) is 6.21. The van der Waals surface area contributed by atoms with E-state index in [0.29, 0.717) is 5.92 Å². The van der Waals surface area contributed by atoms with E-state index in [9.17, 15) is 5.26 Å². The smallest absolute Gasteiger partial charge is 0.119 e. The van der Waals surface area contributed by atoms with Crippen LogP contribution in [0.4, 0.5) is 0 Å². The van der Waals surface area contributed by atoms with Gasteiger partial charge in [0.2, 0.25) is 0 Å². The number of rotatable bonds is 1. The van der Waals surface area contributed by atoms with Crippen LogP contribution in [0.15, 0.2) is 18.2 Å². The van der Waals surface area contributed by atoms with Crippen molar-refractivity contribution in [1.29, 1.82) is 5.26 Å². The molecule has 100 valence electrons. The fourth-order valence-corrected chi connectivity index (χ4v) is 4.27. The Morgan fingerprint density at radius 3 is 2.95 bits per heavy atom. The predicted molar refractivity (Wildman–Crippen MR) is 75.1 cm³/mol. The van der Waals surface area contributed by atoms with Gasteiger partial charge in [0, 0.05) is 5.92 Å². The van der Waals surface area contributed by atoms with E-state index >= 15 is 0 Å². The monoisotopic (exact) mass is 255 g/mol. The minimum absolute atomic E-state index is 0.167. The van der Waals surface area contributed by atoms with Gasteiger partial charge >= 0.3 is 0 Å². The van der Waals surface area contributed by atoms with Crippen LogP contribution < -0.4 is 4.74 Å². The maximum atomic E-state index is 9.42. The van der Waals surface area contributed by atoms with E-state index in [-0.39, 0.29) is 11.3 Å². The van der Waals surface area contributed by atoms with E-state index in [1.54, 1.807) is 7.11 Å². The Bertz CT molecular complexity index is 531. The first-order valence-electron chi connectivity index (χ1n) is 7.26. The number of nitriles is 1. The topological polar surface area (TPSA) is 33.0 Å². The van der Waals surface area contributed by atoms with Crippen LogP contribution in [0.5, 0.6) is 5.75 Å². The van der Waals surface area contributed by atoms with E-state index in [2.05, 4.69) is 31.2 Å². The standard InChI is InChI=1S/C17H21NO/c1-17-9-3-4-13(11-18)15(17)8-6-12-5-7-14(19-2)10-16(12)17/h5,7,10,13,15H,3-4,6,8-9H2,1-2H3/t13-,15+,17+/m1/s1. The zero-order valence-electron chi connectivity index (χ0n) is 11.8. The quantitative estimate of drug-likeness (QED) is 0.764. The Hall–Kier alpha value is -1.49. The molecule has 0 unspecified atom stereocenters. The number of nitrogens with zero attached hydrogens (tertiary/aromatic N) is 1. The van der Waals surface area contributed by atoms with E-state index in [0.717, 1.165) is 25.0 Å². The molecule has 2 aliphatic rings. The SMILES string of the molecule is COc1ccc2c(c1)[C@@]1(C)CCC[C@H](C#N)[C@@H]1CC2. The minimum atomic E-state index is 0.167. The highest BCUT2D eigenvalue weighted by molar-refractivity contribution is 5.43. The Labute approximate surface area is 115 Å². The second-order valence-corrected chi connectivity index (χ2v) is 6.21. The molecule has 3 atom stereocenters. The molecule has 1 aromatic rings. The molecule has 0 heterocycles. The van der Waals surface area contributed by atoms with Gasteiger partial charge in [-0.1, -0.05) is 19.4 Å². The molecule has 2 nitrogen and oxygen atoms in total. The molecule has 0 radical (unpaired) electrons. The Balaban J connectivity index is 2.08. The fraction of sp³-hybridized carbons (Fsp3) is 0.588.